The molecule has 0 aliphatic carbocycles. The van der Waals surface area contributed by atoms with Crippen molar-refractivity contribution in [2.24, 2.45) is 0 Å². The molecule has 0 spiro atoms. The van der Waals surface area contributed by atoms with Gasteiger partial charge in [0.2, 0.25) is 11.8 Å². The molecule has 0 bridgehead atoms. The number of halogens is 3. The van der Waals surface area contributed by atoms with Crippen LogP contribution in [-0.2, 0) is 28.3 Å². The average Bonchev–Trinajstić information content (AvgIpc) is 2.85. The van der Waals surface area contributed by atoms with Gasteiger partial charge in [-0.3, -0.25) is 9.59 Å². The molecular formula is C27H27BrCl2N2O2S. The van der Waals surface area contributed by atoms with Crippen LogP contribution in [0.15, 0.2) is 77.3 Å². The van der Waals surface area contributed by atoms with Gasteiger partial charge in [0.05, 0.1) is 5.75 Å². The molecule has 0 aliphatic rings. The van der Waals surface area contributed by atoms with Gasteiger partial charge < -0.3 is 10.2 Å². The second-order valence-electron chi connectivity index (χ2n) is 7.94. The van der Waals surface area contributed by atoms with Crippen molar-refractivity contribution in [1.29, 1.82) is 0 Å². The lowest BCUT2D eigenvalue weighted by atomic mass is 10.0. The lowest BCUT2D eigenvalue weighted by Gasteiger charge is -2.31. The third kappa shape index (κ3) is 8.28. The van der Waals surface area contributed by atoms with E-state index in [0.29, 0.717) is 35.3 Å². The summed E-state index contributed by atoms with van der Waals surface area (Å²) in [6, 6.07) is 22.3. The predicted molar refractivity (Wildman–Crippen MR) is 150 cm³/mol. The summed E-state index contributed by atoms with van der Waals surface area (Å²) in [5.41, 5.74) is 2.74. The minimum atomic E-state index is -0.641. The second kappa shape index (κ2) is 13.9. The third-order valence-electron chi connectivity index (χ3n) is 5.42. The van der Waals surface area contributed by atoms with E-state index in [0.717, 1.165) is 21.2 Å². The molecule has 0 fully saturated rings. The molecule has 0 saturated carbocycles. The van der Waals surface area contributed by atoms with Crippen LogP contribution in [0.1, 0.15) is 23.6 Å². The zero-order valence-corrected chi connectivity index (χ0v) is 23.3. The SMILES string of the molecule is CCNC(=O)[C@H](Cc1ccccc1)N(Cc1ccc(Br)cc1)C(=O)CSCc1c(Cl)cccc1Cl. The van der Waals surface area contributed by atoms with Crippen molar-refractivity contribution in [2.45, 2.75) is 31.7 Å². The van der Waals surface area contributed by atoms with E-state index < -0.39 is 6.04 Å². The predicted octanol–water partition coefficient (Wildman–Crippen LogP) is 6.77. The Kier molecular flexibility index (Phi) is 11.0. The van der Waals surface area contributed by atoms with Crippen LogP contribution in [0.5, 0.6) is 0 Å². The number of hydrogen-bond donors (Lipinski definition) is 1. The largest absolute Gasteiger partial charge is 0.355 e. The van der Waals surface area contributed by atoms with Crippen LogP contribution in [0, 0.1) is 0 Å². The van der Waals surface area contributed by atoms with E-state index >= 15 is 0 Å². The Morgan fingerprint density at radius 3 is 2.23 bits per heavy atom. The number of thioether (sulfide) groups is 1. The number of rotatable bonds is 11. The van der Waals surface area contributed by atoms with Gasteiger partial charge in [0.15, 0.2) is 0 Å². The maximum Gasteiger partial charge on any atom is 0.243 e. The highest BCUT2D eigenvalue weighted by Gasteiger charge is 2.30. The van der Waals surface area contributed by atoms with Gasteiger partial charge in [-0.15, -0.1) is 11.8 Å². The number of nitrogens with one attached hydrogen (secondary N) is 1. The maximum atomic E-state index is 13.6. The summed E-state index contributed by atoms with van der Waals surface area (Å²) < 4.78 is 0.955. The highest BCUT2D eigenvalue weighted by Crippen LogP contribution is 2.28. The fourth-order valence-corrected chi connectivity index (χ4v) is 5.54. The first-order valence-corrected chi connectivity index (χ1v) is 14.0. The zero-order valence-electron chi connectivity index (χ0n) is 19.3. The molecule has 2 amide bonds. The molecule has 1 N–H and O–H groups in total. The van der Waals surface area contributed by atoms with Crippen molar-refractivity contribution in [3.63, 3.8) is 0 Å². The topological polar surface area (TPSA) is 49.4 Å². The van der Waals surface area contributed by atoms with Crippen LogP contribution in [-0.4, -0.2) is 35.1 Å². The Labute approximate surface area is 229 Å². The van der Waals surface area contributed by atoms with Crippen molar-refractivity contribution in [3.05, 3.63) is 104 Å². The summed E-state index contributed by atoms with van der Waals surface area (Å²) in [6.45, 7) is 2.69. The first kappa shape index (κ1) is 27.6. The number of carbonyl (C=O) groups is 2. The van der Waals surface area contributed by atoms with Gasteiger partial charge in [-0.2, -0.15) is 0 Å². The smallest absolute Gasteiger partial charge is 0.243 e. The Morgan fingerprint density at radius 1 is 0.943 bits per heavy atom. The quantitative estimate of drug-likeness (QED) is 0.267. The van der Waals surface area contributed by atoms with Crippen molar-refractivity contribution in [1.82, 2.24) is 10.2 Å². The first-order valence-electron chi connectivity index (χ1n) is 11.2. The molecule has 3 rings (SSSR count). The van der Waals surface area contributed by atoms with E-state index in [9.17, 15) is 9.59 Å². The van der Waals surface area contributed by atoms with Gasteiger partial charge in [0, 0.05) is 39.8 Å². The molecule has 0 unspecified atom stereocenters. The molecule has 3 aromatic rings. The van der Waals surface area contributed by atoms with E-state index in [1.807, 2.05) is 61.5 Å². The molecule has 0 radical (unpaired) electrons. The summed E-state index contributed by atoms with van der Waals surface area (Å²) in [5.74, 6) is 0.415. The monoisotopic (exact) mass is 592 g/mol. The van der Waals surface area contributed by atoms with E-state index in [1.165, 1.54) is 11.8 Å². The molecule has 184 valence electrons. The van der Waals surface area contributed by atoms with E-state index in [2.05, 4.69) is 21.2 Å². The van der Waals surface area contributed by atoms with E-state index in [-0.39, 0.29) is 17.6 Å². The lowest BCUT2D eigenvalue weighted by Crippen LogP contribution is -2.51. The van der Waals surface area contributed by atoms with Crippen LogP contribution in [0.3, 0.4) is 0 Å². The van der Waals surface area contributed by atoms with Crippen LogP contribution in [0.2, 0.25) is 10.0 Å². The van der Waals surface area contributed by atoms with E-state index in [1.54, 1.807) is 23.1 Å². The first-order chi connectivity index (χ1) is 16.9. The molecule has 0 aliphatic heterocycles. The molecule has 0 heterocycles. The zero-order chi connectivity index (χ0) is 25.2. The molecule has 0 saturated heterocycles. The van der Waals surface area contributed by atoms with Gasteiger partial charge in [-0.25, -0.2) is 0 Å². The molecular weight excluding hydrogens is 567 g/mol. The standard InChI is InChI=1S/C27H27BrCl2N2O2S/c1-2-31-27(34)25(15-19-7-4-3-5-8-19)32(16-20-11-13-21(28)14-12-20)26(33)18-35-17-22-23(29)9-6-10-24(22)30/h3-14,25H,2,15-18H2,1H3,(H,31,34)/t25-/m0/s1. The molecule has 0 aromatic heterocycles. The van der Waals surface area contributed by atoms with Crippen molar-refractivity contribution < 1.29 is 9.59 Å². The summed E-state index contributed by atoms with van der Waals surface area (Å²) >= 11 is 17.5. The summed E-state index contributed by atoms with van der Waals surface area (Å²) in [6.07, 6.45) is 0.427. The van der Waals surface area contributed by atoms with Crippen molar-refractivity contribution in [3.8, 4) is 0 Å². The molecule has 35 heavy (non-hydrogen) atoms. The fourth-order valence-electron chi connectivity index (χ4n) is 3.63. The third-order valence-corrected chi connectivity index (χ3v) is 7.60. The number of carbonyl (C=O) groups excluding carboxylic acids is 2. The number of likely N-dealkylation sites (N-methyl/N-ethyl adjacent to an activating group) is 1. The minimum absolute atomic E-state index is 0.117. The van der Waals surface area contributed by atoms with Gasteiger partial charge in [-0.1, -0.05) is 87.7 Å². The van der Waals surface area contributed by atoms with Crippen LogP contribution in [0.4, 0.5) is 0 Å². The van der Waals surface area contributed by atoms with Crippen LogP contribution >= 0.6 is 50.9 Å². The number of nitrogens with zero attached hydrogens (tertiary/aromatic N) is 1. The van der Waals surface area contributed by atoms with Crippen molar-refractivity contribution >= 4 is 62.7 Å². The van der Waals surface area contributed by atoms with Crippen molar-refractivity contribution in [2.75, 3.05) is 12.3 Å². The van der Waals surface area contributed by atoms with Gasteiger partial charge >= 0.3 is 0 Å². The Bertz CT molecular complexity index is 1110. The Hall–Kier alpha value is -1.99. The normalized spacial score (nSPS) is 11.7. The highest BCUT2D eigenvalue weighted by molar-refractivity contribution is 9.10. The van der Waals surface area contributed by atoms with Crippen LogP contribution < -0.4 is 5.32 Å². The lowest BCUT2D eigenvalue weighted by molar-refractivity contribution is -0.139. The second-order valence-corrected chi connectivity index (χ2v) is 10.7. The average molecular weight is 594 g/mol. The number of hydrogen-bond acceptors (Lipinski definition) is 3. The Morgan fingerprint density at radius 2 is 1.60 bits per heavy atom. The summed E-state index contributed by atoms with van der Waals surface area (Å²) in [7, 11) is 0. The Balaban J connectivity index is 1.84. The molecule has 1 atom stereocenters. The minimum Gasteiger partial charge on any atom is -0.355 e. The molecule has 4 nitrogen and oxygen atoms in total. The van der Waals surface area contributed by atoms with Crippen LogP contribution in [0.25, 0.3) is 0 Å². The maximum absolute atomic E-state index is 13.6. The van der Waals surface area contributed by atoms with Gasteiger partial charge in [-0.05, 0) is 47.9 Å². The highest BCUT2D eigenvalue weighted by atomic mass is 79.9. The number of benzene rings is 3. The fraction of sp³-hybridized carbons (Fsp3) is 0.259. The molecule has 8 heteroatoms. The summed E-state index contributed by atoms with van der Waals surface area (Å²) in [5, 5.41) is 4.07. The summed E-state index contributed by atoms with van der Waals surface area (Å²) in [4.78, 5) is 28.4. The van der Waals surface area contributed by atoms with E-state index in [4.69, 9.17) is 23.2 Å². The van der Waals surface area contributed by atoms with Gasteiger partial charge in [0.1, 0.15) is 6.04 Å². The van der Waals surface area contributed by atoms with Gasteiger partial charge in [0.25, 0.3) is 0 Å². The molecule has 3 aromatic carbocycles. The number of amides is 2.